The number of esters is 1. The van der Waals surface area contributed by atoms with Crippen molar-refractivity contribution in [2.45, 2.75) is 33.7 Å². The lowest BCUT2D eigenvalue weighted by Crippen LogP contribution is -2.06. The van der Waals surface area contributed by atoms with E-state index in [1.165, 1.54) is 7.11 Å². The fourth-order valence-corrected chi connectivity index (χ4v) is 4.07. The van der Waals surface area contributed by atoms with Gasteiger partial charge in [-0.05, 0) is 60.4 Å². The highest BCUT2D eigenvalue weighted by molar-refractivity contribution is 6.31. The van der Waals surface area contributed by atoms with Crippen LogP contribution in [0, 0.1) is 13.8 Å². The van der Waals surface area contributed by atoms with Crippen molar-refractivity contribution in [2.75, 3.05) is 7.11 Å². The molecule has 6 heteroatoms. The Morgan fingerprint density at radius 1 is 1.06 bits per heavy atom. The number of ether oxygens (including phenoxy) is 1. The Hall–Kier alpha value is -3.18. The maximum Gasteiger partial charge on any atom is 0.338 e. The number of benzene rings is 2. The van der Waals surface area contributed by atoms with E-state index in [0.717, 1.165) is 51.4 Å². The Morgan fingerprint density at radius 3 is 2.48 bits per heavy atom. The molecular formula is C25H24ClN3O2. The summed E-state index contributed by atoms with van der Waals surface area (Å²) in [7, 11) is 1.38. The van der Waals surface area contributed by atoms with Gasteiger partial charge in [0.25, 0.3) is 0 Å². The first kappa shape index (κ1) is 21.1. The molecule has 2 aromatic carbocycles. The predicted octanol–water partition coefficient (Wildman–Crippen LogP) is 5.77. The standard InChI is InChI=1S/C25H24ClN3O2/c1-5-22-28-23-15(2)12-16(3)27-24(23)29(22)14-17-6-8-18(9-7-17)21-13-19(26)10-11-20(21)25(30)31-4/h6-13H,5,14H2,1-4H3. The summed E-state index contributed by atoms with van der Waals surface area (Å²) in [5.74, 6) is 0.633. The molecule has 0 spiro atoms. The zero-order valence-electron chi connectivity index (χ0n) is 18.1. The average Bonchev–Trinajstić information content (AvgIpc) is 3.11. The van der Waals surface area contributed by atoms with Crippen molar-refractivity contribution in [1.82, 2.24) is 14.5 Å². The smallest absolute Gasteiger partial charge is 0.338 e. The van der Waals surface area contributed by atoms with Gasteiger partial charge in [-0.15, -0.1) is 0 Å². The molecule has 0 unspecified atom stereocenters. The van der Waals surface area contributed by atoms with Gasteiger partial charge < -0.3 is 9.30 Å². The van der Waals surface area contributed by atoms with Crippen LogP contribution in [-0.2, 0) is 17.7 Å². The maximum atomic E-state index is 12.2. The summed E-state index contributed by atoms with van der Waals surface area (Å²) in [6.45, 7) is 6.87. The first-order chi connectivity index (χ1) is 14.9. The molecule has 2 heterocycles. The number of carbonyl (C=O) groups is 1. The highest BCUT2D eigenvalue weighted by Crippen LogP contribution is 2.29. The van der Waals surface area contributed by atoms with Crippen LogP contribution in [0.3, 0.4) is 0 Å². The number of rotatable bonds is 5. The predicted molar refractivity (Wildman–Crippen MR) is 124 cm³/mol. The molecule has 5 nitrogen and oxygen atoms in total. The van der Waals surface area contributed by atoms with Gasteiger partial charge in [0.05, 0.1) is 19.2 Å². The Labute approximate surface area is 186 Å². The van der Waals surface area contributed by atoms with Crippen LogP contribution in [0.15, 0.2) is 48.5 Å². The molecular weight excluding hydrogens is 410 g/mol. The van der Waals surface area contributed by atoms with Gasteiger partial charge in [-0.1, -0.05) is 42.8 Å². The largest absolute Gasteiger partial charge is 0.465 e. The van der Waals surface area contributed by atoms with Crippen molar-refractivity contribution < 1.29 is 9.53 Å². The number of aryl methyl sites for hydroxylation is 3. The monoisotopic (exact) mass is 433 g/mol. The van der Waals surface area contributed by atoms with Gasteiger partial charge in [0.2, 0.25) is 0 Å². The van der Waals surface area contributed by atoms with E-state index in [9.17, 15) is 4.79 Å². The van der Waals surface area contributed by atoms with Crippen LogP contribution in [0.4, 0.5) is 0 Å². The number of aromatic nitrogens is 3. The first-order valence-electron chi connectivity index (χ1n) is 10.2. The zero-order chi connectivity index (χ0) is 22.1. The minimum absolute atomic E-state index is 0.384. The van der Waals surface area contributed by atoms with Gasteiger partial charge in [0.1, 0.15) is 11.3 Å². The van der Waals surface area contributed by atoms with Crippen molar-refractivity contribution >= 4 is 28.7 Å². The molecule has 0 amide bonds. The highest BCUT2D eigenvalue weighted by atomic mass is 35.5. The van der Waals surface area contributed by atoms with E-state index < -0.39 is 0 Å². The van der Waals surface area contributed by atoms with Crippen LogP contribution in [0.25, 0.3) is 22.3 Å². The second kappa shape index (κ2) is 8.52. The fourth-order valence-electron chi connectivity index (χ4n) is 3.90. The van der Waals surface area contributed by atoms with E-state index >= 15 is 0 Å². The summed E-state index contributed by atoms with van der Waals surface area (Å²) >= 11 is 6.19. The summed E-state index contributed by atoms with van der Waals surface area (Å²) in [5.41, 5.74) is 7.28. The highest BCUT2D eigenvalue weighted by Gasteiger charge is 2.16. The number of carbonyl (C=O) groups excluding carboxylic acids is 1. The number of halogens is 1. The minimum atomic E-state index is -0.384. The van der Waals surface area contributed by atoms with Crippen LogP contribution in [0.5, 0.6) is 0 Å². The van der Waals surface area contributed by atoms with Crippen LogP contribution < -0.4 is 0 Å². The van der Waals surface area contributed by atoms with Crippen molar-refractivity contribution in [1.29, 1.82) is 0 Å². The van der Waals surface area contributed by atoms with E-state index in [-0.39, 0.29) is 5.97 Å². The van der Waals surface area contributed by atoms with Crippen molar-refractivity contribution in [2.24, 2.45) is 0 Å². The topological polar surface area (TPSA) is 57.0 Å². The van der Waals surface area contributed by atoms with Gasteiger partial charge in [-0.2, -0.15) is 0 Å². The second-order valence-corrected chi connectivity index (χ2v) is 8.04. The minimum Gasteiger partial charge on any atom is -0.465 e. The molecule has 0 saturated heterocycles. The summed E-state index contributed by atoms with van der Waals surface area (Å²) in [4.78, 5) is 21.7. The number of imidazole rings is 1. The zero-order valence-corrected chi connectivity index (χ0v) is 18.8. The molecule has 0 bridgehead atoms. The third-order valence-electron chi connectivity index (χ3n) is 5.41. The third kappa shape index (κ3) is 4.06. The lowest BCUT2D eigenvalue weighted by molar-refractivity contribution is 0.0601. The van der Waals surface area contributed by atoms with Gasteiger partial charge in [-0.3, -0.25) is 0 Å². The van der Waals surface area contributed by atoms with Gasteiger partial charge in [0, 0.05) is 17.1 Å². The molecule has 0 aliphatic rings. The number of hydrogen-bond acceptors (Lipinski definition) is 4. The van der Waals surface area contributed by atoms with E-state index in [4.69, 9.17) is 26.3 Å². The van der Waals surface area contributed by atoms with Crippen molar-refractivity contribution in [3.05, 3.63) is 81.8 Å². The number of methoxy groups -OCH3 is 1. The molecule has 2 aromatic heterocycles. The normalized spacial score (nSPS) is 11.1. The Morgan fingerprint density at radius 2 is 1.81 bits per heavy atom. The Kier molecular flexibility index (Phi) is 5.79. The van der Waals surface area contributed by atoms with Crippen LogP contribution >= 0.6 is 11.6 Å². The maximum absolute atomic E-state index is 12.2. The fraction of sp³-hybridized carbons (Fsp3) is 0.240. The number of hydrogen-bond donors (Lipinski definition) is 0. The summed E-state index contributed by atoms with van der Waals surface area (Å²) in [6.07, 6.45) is 0.831. The number of nitrogens with zero attached hydrogens (tertiary/aromatic N) is 3. The summed E-state index contributed by atoms with van der Waals surface area (Å²) in [5, 5.41) is 0.570. The van der Waals surface area contributed by atoms with Crippen molar-refractivity contribution in [3.63, 3.8) is 0 Å². The van der Waals surface area contributed by atoms with Crippen molar-refractivity contribution in [3.8, 4) is 11.1 Å². The van der Waals surface area contributed by atoms with E-state index in [1.54, 1.807) is 18.2 Å². The van der Waals surface area contributed by atoms with Gasteiger partial charge >= 0.3 is 5.97 Å². The Bertz CT molecular complexity index is 1280. The molecule has 0 N–H and O–H groups in total. The SMILES string of the molecule is CCc1nc2c(C)cc(C)nc2n1Cc1ccc(-c2cc(Cl)ccc2C(=O)OC)cc1. The molecule has 4 aromatic rings. The summed E-state index contributed by atoms with van der Waals surface area (Å²) < 4.78 is 7.10. The molecule has 0 atom stereocenters. The number of pyridine rings is 1. The van der Waals surface area contributed by atoms with Gasteiger partial charge in [-0.25, -0.2) is 14.8 Å². The first-order valence-corrected chi connectivity index (χ1v) is 10.6. The molecule has 158 valence electrons. The molecule has 0 saturated carbocycles. The van der Waals surface area contributed by atoms with Crippen LogP contribution in [-0.4, -0.2) is 27.6 Å². The van der Waals surface area contributed by atoms with E-state index in [1.807, 2.05) is 19.1 Å². The molecule has 0 radical (unpaired) electrons. The van der Waals surface area contributed by atoms with Crippen LogP contribution in [0.1, 0.15) is 39.9 Å². The van der Waals surface area contributed by atoms with E-state index in [2.05, 4.69) is 36.6 Å². The van der Waals surface area contributed by atoms with E-state index in [0.29, 0.717) is 17.1 Å². The number of fused-ring (bicyclic) bond motifs is 1. The molecule has 4 rings (SSSR count). The quantitative estimate of drug-likeness (QED) is 0.375. The molecule has 0 fully saturated rings. The second-order valence-electron chi connectivity index (χ2n) is 7.60. The molecule has 0 aliphatic heterocycles. The van der Waals surface area contributed by atoms with Crippen LogP contribution in [0.2, 0.25) is 5.02 Å². The van der Waals surface area contributed by atoms with Gasteiger partial charge in [0.15, 0.2) is 5.65 Å². The average molecular weight is 434 g/mol. The molecule has 31 heavy (non-hydrogen) atoms. The third-order valence-corrected chi connectivity index (χ3v) is 5.64. The Balaban J connectivity index is 1.71. The lowest BCUT2D eigenvalue weighted by Gasteiger charge is -2.11. The summed E-state index contributed by atoms with van der Waals surface area (Å²) in [6, 6.07) is 15.4. The lowest BCUT2D eigenvalue weighted by atomic mass is 9.98. The molecule has 0 aliphatic carbocycles.